The number of hydrogen-bond acceptors (Lipinski definition) is 2. The number of nitrogens with zero attached hydrogens (tertiary/aromatic N) is 1. The molecule has 1 saturated heterocycles. The van der Waals surface area contributed by atoms with Crippen molar-refractivity contribution in [2.24, 2.45) is 10.9 Å². The summed E-state index contributed by atoms with van der Waals surface area (Å²) >= 11 is 5.87. The van der Waals surface area contributed by atoms with Gasteiger partial charge in [-0.3, -0.25) is 4.99 Å². The molecular formula is C15H22ClN3O. The Morgan fingerprint density at radius 2 is 2.15 bits per heavy atom. The van der Waals surface area contributed by atoms with Crippen molar-refractivity contribution in [2.45, 2.75) is 12.8 Å². The number of guanidine groups is 1. The Bertz CT molecular complexity index is 427. The van der Waals surface area contributed by atoms with Crippen molar-refractivity contribution in [3.8, 4) is 0 Å². The van der Waals surface area contributed by atoms with Crippen LogP contribution in [0.4, 0.5) is 0 Å². The molecule has 0 bridgehead atoms. The molecule has 4 nitrogen and oxygen atoms in total. The van der Waals surface area contributed by atoms with Crippen LogP contribution < -0.4 is 10.6 Å². The van der Waals surface area contributed by atoms with Gasteiger partial charge in [-0.1, -0.05) is 23.7 Å². The second-order valence-corrected chi connectivity index (χ2v) is 5.42. The van der Waals surface area contributed by atoms with E-state index in [9.17, 15) is 0 Å². The smallest absolute Gasteiger partial charge is 0.190 e. The zero-order valence-corrected chi connectivity index (χ0v) is 12.6. The maximum absolute atomic E-state index is 5.87. The molecule has 0 saturated carbocycles. The van der Waals surface area contributed by atoms with Crippen LogP contribution in [0.15, 0.2) is 29.3 Å². The minimum absolute atomic E-state index is 0.602. The van der Waals surface area contributed by atoms with Crippen LogP contribution in [0.2, 0.25) is 5.02 Å². The second-order valence-electron chi connectivity index (χ2n) is 4.99. The molecule has 0 radical (unpaired) electrons. The third-order valence-electron chi connectivity index (χ3n) is 3.43. The maximum atomic E-state index is 5.87. The van der Waals surface area contributed by atoms with Crippen molar-refractivity contribution in [3.63, 3.8) is 0 Å². The minimum atomic E-state index is 0.602. The van der Waals surface area contributed by atoms with E-state index in [0.29, 0.717) is 5.92 Å². The van der Waals surface area contributed by atoms with Gasteiger partial charge in [0.1, 0.15) is 0 Å². The van der Waals surface area contributed by atoms with Crippen molar-refractivity contribution in [3.05, 3.63) is 34.9 Å². The SMILES string of the molecule is CN=C(NCCc1ccc(Cl)cc1)NCC1CCOC1. The summed E-state index contributed by atoms with van der Waals surface area (Å²) in [5.74, 6) is 1.45. The van der Waals surface area contributed by atoms with Crippen molar-refractivity contribution in [2.75, 3.05) is 33.4 Å². The Kier molecular flexibility index (Phi) is 6.15. The number of ether oxygens (including phenoxy) is 1. The predicted molar refractivity (Wildman–Crippen MR) is 83.4 cm³/mol. The minimum Gasteiger partial charge on any atom is -0.381 e. The molecule has 20 heavy (non-hydrogen) atoms. The van der Waals surface area contributed by atoms with Gasteiger partial charge in [0.15, 0.2) is 5.96 Å². The van der Waals surface area contributed by atoms with Gasteiger partial charge in [-0.25, -0.2) is 0 Å². The fraction of sp³-hybridized carbons (Fsp3) is 0.533. The lowest BCUT2D eigenvalue weighted by molar-refractivity contribution is 0.186. The molecule has 1 heterocycles. The number of rotatable bonds is 5. The van der Waals surface area contributed by atoms with Gasteiger partial charge in [0.2, 0.25) is 0 Å². The second kappa shape index (κ2) is 8.12. The maximum Gasteiger partial charge on any atom is 0.190 e. The summed E-state index contributed by atoms with van der Waals surface area (Å²) in [6.45, 7) is 3.51. The molecule has 1 aromatic rings. The zero-order valence-electron chi connectivity index (χ0n) is 11.9. The first kappa shape index (κ1) is 15.1. The molecule has 0 amide bonds. The average Bonchev–Trinajstić information content (AvgIpc) is 2.98. The normalized spacial score (nSPS) is 19.1. The summed E-state index contributed by atoms with van der Waals surface area (Å²) in [5, 5.41) is 7.44. The van der Waals surface area contributed by atoms with E-state index in [1.54, 1.807) is 7.05 Å². The van der Waals surface area contributed by atoms with E-state index in [1.165, 1.54) is 5.56 Å². The Hall–Kier alpha value is -1.26. The van der Waals surface area contributed by atoms with Crippen LogP contribution in [-0.4, -0.2) is 39.3 Å². The zero-order chi connectivity index (χ0) is 14.2. The monoisotopic (exact) mass is 295 g/mol. The summed E-state index contributed by atoms with van der Waals surface area (Å²) in [6.07, 6.45) is 2.08. The Morgan fingerprint density at radius 3 is 2.80 bits per heavy atom. The molecule has 1 atom stereocenters. The van der Waals surface area contributed by atoms with E-state index in [0.717, 1.165) is 50.1 Å². The number of nitrogens with one attached hydrogen (secondary N) is 2. The Morgan fingerprint density at radius 1 is 1.35 bits per heavy atom. The van der Waals surface area contributed by atoms with E-state index in [-0.39, 0.29) is 0 Å². The van der Waals surface area contributed by atoms with E-state index >= 15 is 0 Å². The van der Waals surface area contributed by atoms with Crippen LogP contribution in [-0.2, 0) is 11.2 Å². The molecule has 110 valence electrons. The lowest BCUT2D eigenvalue weighted by Crippen LogP contribution is -2.40. The largest absolute Gasteiger partial charge is 0.381 e. The molecule has 1 unspecified atom stereocenters. The lowest BCUT2D eigenvalue weighted by Gasteiger charge is -2.14. The first-order valence-electron chi connectivity index (χ1n) is 7.04. The molecular weight excluding hydrogens is 274 g/mol. The fourth-order valence-electron chi connectivity index (χ4n) is 2.18. The van der Waals surface area contributed by atoms with Gasteiger partial charge < -0.3 is 15.4 Å². The highest BCUT2D eigenvalue weighted by Gasteiger charge is 2.15. The van der Waals surface area contributed by atoms with E-state index < -0.39 is 0 Å². The van der Waals surface area contributed by atoms with Crippen molar-refractivity contribution >= 4 is 17.6 Å². The Labute approximate surface area is 125 Å². The van der Waals surface area contributed by atoms with Crippen LogP contribution in [0, 0.1) is 5.92 Å². The number of hydrogen-bond donors (Lipinski definition) is 2. The van der Waals surface area contributed by atoms with Crippen LogP contribution in [0.25, 0.3) is 0 Å². The molecule has 2 rings (SSSR count). The van der Waals surface area contributed by atoms with Crippen LogP contribution >= 0.6 is 11.6 Å². The van der Waals surface area contributed by atoms with Crippen LogP contribution in [0.3, 0.4) is 0 Å². The molecule has 0 aliphatic carbocycles. The number of halogens is 1. The first-order chi connectivity index (χ1) is 9.78. The first-order valence-corrected chi connectivity index (χ1v) is 7.42. The van der Waals surface area contributed by atoms with E-state index in [1.807, 2.05) is 12.1 Å². The lowest BCUT2D eigenvalue weighted by atomic mass is 10.1. The molecule has 2 N–H and O–H groups in total. The summed E-state index contributed by atoms with van der Waals surface area (Å²) in [6, 6.07) is 7.94. The van der Waals surface area contributed by atoms with Gasteiger partial charge >= 0.3 is 0 Å². The highest BCUT2D eigenvalue weighted by molar-refractivity contribution is 6.30. The molecule has 1 aliphatic rings. The average molecular weight is 296 g/mol. The van der Waals surface area contributed by atoms with Gasteiger partial charge in [-0.15, -0.1) is 0 Å². The number of benzene rings is 1. The molecule has 1 aromatic carbocycles. The van der Waals surface area contributed by atoms with Gasteiger partial charge in [-0.05, 0) is 30.5 Å². The third-order valence-corrected chi connectivity index (χ3v) is 3.68. The molecule has 1 aliphatic heterocycles. The molecule has 5 heteroatoms. The molecule has 0 spiro atoms. The van der Waals surface area contributed by atoms with Crippen molar-refractivity contribution in [1.82, 2.24) is 10.6 Å². The van der Waals surface area contributed by atoms with Crippen molar-refractivity contribution in [1.29, 1.82) is 0 Å². The summed E-state index contributed by atoms with van der Waals surface area (Å²) in [7, 11) is 1.79. The van der Waals surface area contributed by atoms with Gasteiger partial charge in [-0.2, -0.15) is 0 Å². The van der Waals surface area contributed by atoms with E-state index in [4.69, 9.17) is 16.3 Å². The van der Waals surface area contributed by atoms with E-state index in [2.05, 4.69) is 27.8 Å². The van der Waals surface area contributed by atoms with Crippen molar-refractivity contribution < 1.29 is 4.74 Å². The standard InChI is InChI=1S/C15H22ClN3O/c1-17-15(19-10-13-7-9-20-11-13)18-8-6-12-2-4-14(16)5-3-12/h2-5,13H,6-11H2,1H3,(H2,17,18,19). The highest BCUT2D eigenvalue weighted by Crippen LogP contribution is 2.10. The quantitative estimate of drug-likeness (QED) is 0.646. The highest BCUT2D eigenvalue weighted by atomic mass is 35.5. The summed E-state index contributed by atoms with van der Waals surface area (Å²) in [4.78, 5) is 4.23. The van der Waals surface area contributed by atoms with Gasteiger partial charge in [0.05, 0.1) is 6.61 Å². The third kappa shape index (κ3) is 5.02. The van der Waals surface area contributed by atoms with Crippen LogP contribution in [0.1, 0.15) is 12.0 Å². The van der Waals surface area contributed by atoms with Gasteiger partial charge in [0.25, 0.3) is 0 Å². The predicted octanol–water partition coefficient (Wildman–Crippen LogP) is 2.08. The summed E-state index contributed by atoms with van der Waals surface area (Å²) < 4.78 is 5.36. The number of aliphatic imine (C=N–C) groups is 1. The van der Waals surface area contributed by atoms with Crippen LogP contribution in [0.5, 0.6) is 0 Å². The molecule has 0 aromatic heterocycles. The fourth-order valence-corrected chi connectivity index (χ4v) is 2.31. The van der Waals surface area contributed by atoms with Gasteiger partial charge in [0, 0.05) is 37.7 Å². The molecule has 1 fully saturated rings. The topological polar surface area (TPSA) is 45.7 Å². The Balaban J connectivity index is 1.66. The summed E-state index contributed by atoms with van der Waals surface area (Å²) in [5.41, 5.74) is 1.27.